The first-order valence-electron chi connectivity index (χ1n) is 8.28. The molecule has 0 aliphatic carbocycles. The highest BCUT2D eigenvalue weighted by Gasteiger charge is 2.26. The highest BCUT2D eigenvalue weighted by atomic mass is 79.9. The van der Waals surface area contributed by atoms with Crippen molar-refractivity contribution in [3.05, 3.63) is 52.0 Å². The average Bonchev–Trinajstić information content (AvgIpc) is 2.59. The molecule has 5 nitrogen and oxygen atoms in total. The van der Waals surface area contributed by atoms with Crippen LogP contribution in [0, 0.1) is 0 Å². The van der Waals surface area contributed by atoms with Gasteiger partial charge >= 0.3 is 0 Å². The molecule has 0 bridgehead atoms. The van der Waals surface area contributed by atoms with E-state index in [2.05, 4.69) is 27.3 Å². The molecule has 2 aliphatic rings. The van der Waals surface area contributed by atoms with Crippen LogP contribution in [0.3, 0.4) is 0 Å². The summed E-state index contributed by atoms with van der Waals surface area (Å²) in [6.07, 6.45) is 1.92. The first-order chi connectivity index (χ1) is 12.0. The summed E-state index contributed by atoms with van der Waals surface area (Å²) < 4.78 is 1.03. The second-order valence-electron chi connectivity index (χ2n) is 6.47. The number of benzene rings is 2. The molecule has 2 aliphatic heterocycles. The average molecular weight is 400 g/mol. The number of fused-ring (bicyclic) bond motifs is 2. The summed E-state index contributed by atoms with van der Waals surface area (Å²) in [5.74, 6) is -0.0960. The Labute approximate surface area is 154 Å². The minimum absolute atomic E-state index is 0.0338. The third kappa shape index (κ3) is 2.91. The predicted octanol–water partition coefficient (Wildman–Crippen LogP) is 3.43. The molecule has 6 heteroatoms. The molecular weight excluding hydrogens is 382 g/mol. The smallest absolute Gasteiger partial charge is 0.258 e. The second-order valence-corrected chi connectivity index (χ2v) is 7.39. The summed E-state index contributed by atoms with van der Waals surface area (Å²) in [6, 6.07) is 11.5. The van der Waals surface area contributed by atoms with E-state index in [9.17, 15) is 9.59 Å². The number of amides is 2. The van der Waals surface area contributed by atoms with Crippen LogP contribution in [0.1, 0.15) is 22.3 Å². The Bertz CT molecular complexity index is 881. The lowest BCUT2D eigenvalue weighted by Crippen LogP contribution is -2.37. The largest absolute Gasteiger partial charge is 0.364 e. The number of nitrogens with one attached hydrogen (secondary N) is 1. The summed E-state index contributed by atoms with van der Waals surface area (Å²) in [5, 5.41) is 2.86. The number of likely N-dealkylation sites (N-methyl/N-ethyl adjacent to an activating group) is 1. The van der Waals surface area contributed by atoms with Crippen LogP contribution in [-0.4, -0.2) is 32.0 Å². The van der Waals surface area contributed by atoms with Crippen molar-refractivity contribution >= 4 is 44.8 Å². The summed E-state index contributed by atoms with van der Waals surface area (Å²) in [7, 11) is 1.87. The monoisotopic (exact) mass is 399 g/mol. The van der Waals surface area contributed by atoms with Gasteiger partial charge in [0.15, 0.2) is 0 Å². The van der Waals surface area contributed by atoms with Crippen molar-refractivity contribution in [1.29, 1.82) is 0 Å². The third-order valence-corrected chi connectivity index (χ3v) is 5.21. The molecular formula is C19H18BrN3O2. The van der Waals surface area contributed by atoms with Crippen molar-refractivity contribution in [2.24, 2.45) is 0 Å². The van der Waals surface area contributed by atoms with Gasteiger partial charge in [-0.15, -0.1) is 0 Å². The zero-order valence-corrected chi connectivity index (χ0v) is 15.5. The number of rotatable bonds is 1. The lowest BCUT2D eigenvalue weighted by atomic mass is 10.0. The molecule has 2 aromatic carbocycles. The number of nitrogens with zero attached hydrogens (tertiary/aromatic N) is 2. The summed E-state index contributed by atoms with van der Waals surface area (Å²) in [6.45, 7) is 1.03. The molecule has 0 atom stereocenters. The van der Waals surface area contributed by atoms with E-state index in [0.717, 1.165) is 28.7 Å². The highest BCUT2D eigenvalue weighted by Crippen LogP contribution is 2.33. The molecule has 25 heavy (non-hydrogen) atoms. The van der Waals surface area contributed by atoms with Gasteiger partial charge in [0.05, 0.1) is 17.9 Å². The molecule has 0 fully saturated rings. The lowest BCUT2D eigenvalue weighted by molar-refractivity contribution is -0.115. The Kier molecular flexibility index (Phi) is 4.00. The maximum absolute atomic E-state index is 13.1. The van der Waals surface area contributed by atoms with Crippen LogP contribution >= 0.6 is 15.9 Å². The molecule has 0 saturated heterocycles. The van der Waals surface area contributed by atoms with Crippen molar-refractivity contribution in [2.45, 2.75) is 12.8 Å². The molecule has 0 saturated carbocycles. The van der Waals surface area contributed by atoms with E-state index < -0.39 is 0 Å². The fourth-order valence-corrected chi connectivity index (χ4v) is 3.93. The maximum Gasteiger partial charge on any atom is 0.258 e. The van der Waals surface area contributed by atoms with Gasteiger partial charge in [-0.25, -0.2) is 0 Å². The second kappa shape index (κ2) is 6.19. The SMILES string of the molecule is CN1CC(=O)Nc2cc(C(=O)N3CCCc4cc(Br)ccc43)ccc21. The highest BCUT2D eigenvalue weighted by molar-refractivity contribution is 9.10. The molecule has 0 spiro atoms. The number of hydrogen-bond acceptors (Lipinski definition) is 3. The first kappa shape index (κ1) is 16.1. The molecule has 0 radical (unpaired) electrons. The van der Waals surface area contributed by atoms with Crippen molar-refractivity contribution in [1.82, 2.24) is 0 Å². The first-order valence-corrected chi connectivity index (χ1v) is 9.07. The van der Waals surface area contributed by atoms with E-state index in [1.54, 1.807) is 6.07 Å². The third-order valence-electron chi connectivity index (χ3n) is 4.71. The minimum Gasteiger partial charge on any atom is -0.364 e. The van der Waals surface area contributed by atoms with E-state index in [1.807, 2.05) is 41.1 Å². The predicted molar refractivity (Wildman–Crippen MR) is 102 cm³/mol. The van der Waals surface area contributed by atoms with Crippen LogP contribution < -0.4 is 15.1 Å². The van der Waals surface area contributed by atoms with Gasteiger partial charge in [-0.3, -0.25) is 9.59 Å². The zero-order valence-electron chi connectivity index (χ0n) is 13.9. The fraction of sp³-hybridized carbons (Fsp3) is 0.263. The minimum atomic E-state index is -0.0623. The number of aryl methyl sites for hydroxylation is 1. The quantitative estimate of drug-likeness (QED) is 0.798. The fourth-order valence-electron chi connectivity index (χ4n) is 3.52. The van der Waals surface area contributed by atoms with Crippen LogP contribution in [0.2, 0.25) is 0 Å². The van der Waals surface area contributed by atoms with Crippen molar-refractivity contribution in [3.8, 4) is 0 Å². The van der Waals surface area contributed by atoms with Crippen molar-refractivity contribution in [2.75, 3.05) is 35.3 Å². The van der Waals surface area contributed by atoms with Crippen LogP contribution in [0.15, 0.2) is 40.9 Å². The van der Waals surface area contributed by atoms with Gasteiger partial charge in [-0.1, -0.05) is 15.9 Å². The van der Waals surface area contributed by atoms with Gasteiger partial charge in [0.1, 0.15) is 0 Å². The normalized spacial score (nSPS) is 16.2. The molecule has 2 aromatic rings. The molecule has 2 heterocycles. The summed E-state index contributed by atoms with van der Waals surface area (Å²) >= 11 is 3.50. The topological polar surface area (TPSA) is 52.7 Å². The molecule has 1 N–H and O–H groups in total. The maximum atomic E-state index is 13.1. The van der Waals surface area contributed by atoms with Crippen LogP contribution in [0.4, 0.5) is 17.1 Å². The Morgan fingerprint density at radius 1 is 1.16 bits per heavy atom. The molecule has 128 valence electrons. The van der Waals surface area contributed by atoms with Gasteiger partial charge in [0.2, 0.25) is 5.91 Å². The summed E-state index contributed by atoms with van der Waals surface area (Å²) in [4.78, 5) is 28.6. The molecule has 0 aromatic heterocycles. The van der Waals surface area contributed by atoms with E-state index in [0.29, 0.717) is 24.3 Å². The Hall–Kier alpha value is -2.34. The van der Waals surface area contributed by atoms with Gasteiger partial charge in [-0.2, -0.15) is 0 Å². The van der Waals surface area contributed by atoms with Gasteiger partial charge in [0, 0.05) is 29.3 Å². The molecule has 4 rings (SSSR count). The van der Waals surface area contributed by atoms with Crippen LogP contribution in [-0.2, 0) is 11.2 Å². The lowest BCUT2D eigenvalue weighted by Gasteiger charge is -2.31. The Balaban J connectivity index is 1.69. The van der Waals surface area contributed by atoms with Gasteiger partial charge < -0.3 is 15.1 Å². The number of halogens is 1. The summed E-state index contributed by atoms with van der Waals surface area (Å²) in [5.41, 5.74) is 4.36. The van der Waals surface area contributed by atoms with E-state index in [-0.39, 0.29) is 11.8 Å². The van der Waals surface area contributed by atoms with E-state index in [4.69, 9.17) is 0 Å². The zero-order chi connectivity index (χ0) is 17.6. The number of anilines is 3. The van der Waals surface area contributed by atoms with Crippen molar-refractivity contribution in [3.63, 3.8) is 0 Å². The van der Waals surface area contributed by atoms with Gasteiger partial charge in [-0.05, 0) is 54.8 Å². The molecule has 0 unspecified atom stereocenters. The number of carbonyl (C=O) groups excluding carboxylic acids is 2. The Morgan fingerprint density at radius 3 is 2.80 bits per heavy atom. The molecule has 2 amide bonds. The van der Waals surface area contributed by atoms with Crippen LogP contribution in [0.5, 0.6) is 0 Å². The van der Waals surface area contributed by atoms with E-state index >= 15 is 0 Å². The van der Waals surface area contributed by atoms with Crippen LogP contribution in [0.25, 0.3) is 0 Å². The van der Waals surface area contributed by atoms with E-state index in [1.165, 1.54) is 5.56 Å². The number of hydrogen-bond donors (Lipinski definition) is 1. The van der Waals surface area contributed by atoms with Gasteiger partial charge in [0.25, 0.3) is 5.91 Å². The standard InChI is InChI=1S/C19H18BrN3O2/c1-22-11-18(24)21-15-10-13(4-6-17(15)22)19(25)23-8-2-3-12-9-14(20)5-7-16(12)23/h4-7,9-10H,2-3,8,11H2,1H3,(H,21,24). The Morgan fingerprint density at radius 2 is 1.96 bits per heavy atom. The number of carbonyl (C=O) groups is 2. The van der Waals surface area contributed by atoms with Crippen molar-refractivity contribution < 1.29 is 9.59 Å².